The molecule has 0 saturated heterocycles. The zero-order valence-corrected chi connectivity index (χ0v) is 10.1. The van der Waals surface area contributed by atoms with Gasteiger partial charge in [0.05, 0.1) is 11.5 Å². The first-order valence-electron chi connectivity index (χ1n) is 4.60. The molecule has 0 spiro atoms. The van der Waals surface area contributed by atoms with E-state index in [4.69, 9.17) is 0 Å². The van der Waals surface area contributed by atoms with E-state index >= 15 is 0 Å². The van der Waals surface area contributed by atoms with Crippen LogP contribution in [0, 0.1) is 5.92 Å². The average Bonchev–Trinajstić information content (AvgIpc) is 2.80. The molecule has 0 aromatic carbocycles. The van der Waals surface area contributed by atoms with Gasteiger partial charge in [0.25, 0.3) is 0 Å². The summed E-state index contributed by atoms with van der Waals surface area (Å²) in [4.78, 5) is 11.2. The molecule has 88 valence electrons. The van der Waals surface area contributed by atoms with Crippen LogP contribution in [0.1, 0.15) is 12.8 Å². The lowest BCUT2D eigenvalue weighted by Gasteiger charge is -2.01. The minimum atomic E-state index is -3.55. The summed E-state index contributed by atoms with van der Waals surface area (Å²) in [5.41, 5.74) is 0. The summed E-state index contributed by atoms with van der Waals surface area (Å²) in [7, 11) is -6.84. The highest BCUT2D eigenvalue weighted by Gasteiger charge is 2.32. The summed E-state index contributed by atoms with van der Waals surface area (Å²) in [6, 6.07) is 0. The van der Waals surface area contributed by atoms with Gasteiger partial charge in [-0.2, -0.15) is 0 Å². The molecule has 0 amide bonds. The van der Waals surface area contributed by atoms with Crippen molar-refractivity contribution in [2.75, 3.05) is 23.5 Å². The third-order valence-electron chi connectivity index (χ3n) is 2.16. The monoisotopic (exact) mass is 254 g/mol. The molecule has 0 aliphatic heterocycles. The first-order chi connectivity index (χ1) is 6.70. The fourth-order valence-corrected chi connectivity index (χ4v) is 4.13. The fraction of sp³-hybridized carbons (Fsp3) is 0.875. The Morgan fingerprint density at radius 2 is 1.67 bits per heavy atom. The van der Waals surface area contributed by atoms with Crippen LogP contribution in [0.25, 0.3) is 0 Å². The summed E-state index contributed by atoms with van der Waals surface area (Å²) in [6.07, 6.45) is 2.51. The minimum absolute atomic E-state index is 0.0991. The van der Waals surface area contributed by atoms with Crippen LogP contribution in [0.2, 0.25) is 0 Å². The number of rotatable bonds is 6. The molecule has 7 heteroatoms. The van der Waals surface area contributed by atoms with E-state index in [0.29, 0.717) is 0 Å². The van der Waals surface area contributed by atoms with Crippen molar-refractivity contribution in [3.63, 3.8) is 0 Å². The van der Waals surface area contributed by atoms with Gasteiger partial charge in [-0.05, 0) is 12.8 Å². The van der Waals surface area contributed by atoms with E-state index in [1.807, 2.05) is 0 Å². The summed E-state index contributed by atoms with van der Waals surface area (Å²) < 4.78 is 44.2. The molecule has 1 aliphatic carbocycles. The van der Waals surface area contributed by atoms with Crippen LogP contribution in [0.4, 0.5) is 0 Å². The SMILES string of the molecule is CS(=O)(=O)CCS(=O)(=O)CC(=O)C1CC1. The van der Waals surface area contributed by atoms with Gasteiger partial charge in [-0.1, -0.05) is 0 Å². The van der Waals surface area contributed by atoms with Gasteiger partial charge in [0, 0.05) is 12.2 Å². The number of hydrogen-bond acceptors (Lipinski definition) is 5. The third kappa shape index (κ3) is 5.27. The zero-order chi connectivity index (χ0) is 11.7. The van der Waals surface area contributed by atoms with E-state index in [-0.39, 0.29) is 11.7 Å². The lowest BCUT2D eigenvalue weighted by atomic mass is 10.3. The highest BCUT2D eigenvalue weighted by molar-refractivity contribution is 7.95. The van der Waals surface area contributed by atoms with Gasteiger partial charge in [0.1, 0.15) is 15.6 Å². The van der Waals surface area contributed by atoms with Gasteiger partial charge < -0.3 is 0 Å². The Bertz CT molecular complexity index is 441. The van der Waals surface area contributed by atoms with E-state index in [2.05, 4.69) is 0 Å². The predicted molar refractivity (Wildman–Crippen MR) is 56.1 cm³/mol. The number of carbonyl (C=O) groups excluding carboxylic acids is 1. The summed E-state index contributed by atoms with van der Waals surface area (Å²) in [6.45, 7) is 0. The highest BCUT2D eigenvalue weighted by Crippen LogP contribution is 2.30. The standard InChI is InChI=1S/C8H14O5S2/c1-14(10,11)4-5-15(12,13)6-8(9)7-2-3-7/h7H,2-6H2,1H3. The number of sulfone groups is 2. The maximum absolute atomic E-state index is 11.3. The molecule has 1 rings (SSSR count). The van der Waals surface area contributed by atoms with Crippen molar-refractivity contribution in [2.24, 2.45) is 5.92 Å². The Kier molecular flexibility index (Phi) is 3.55. The molecule has 0 bridgehead atoms. The Morgan fingerprint density at radius 3 is 2.07 bits per heavy atom. The van der Waals surface area contributed by atoms with Crippen LogP contribution in [-0.2, 0) is 24.5 Å². The molecule has 0 radical (unpaired) electrons. The second kappa shape index (κ2) is 4.21. The van der Waals surface area contributed by atoms with Crippen molar-refractivity contribution in [1.82, 2.24) is 0 Å². The topological polar surface area (TPSA) is 85.3 Å². The molecule has 0 N–H and O–H groups in total. The molecule has 0 unspecified atom stereocenters. The Labute approximate surface area is 89.7 Å². The van der Waals surface area contributed by atoms with Crippen LogP contribution < -0.4 is 0 Å². The lowest BCUT2D eigenvalue weighted by Crippen LogP contribution is -2.24. The molecular weight excluding hydrogens is 240 g/mol. The van der Waals surface area contributed by atoms with Gasteiger partial charge in [-0.3, -0.25) is 4.79 Å². The van der Waals surface area contributed by atoms with Gasteiger partial charge in [-0.25, -0.2) is 16.8 Å². The van der Waals surface area contributed by atoms with Crippen molar-refractivity contribution < 1.29 is 21.6 Å². The molecule has 1 saturated carbocycles. The molecule has 15 heavy (non-hydrogen) atoms. The zero-order valence-electron chi connectivity index (χ0n) is 8.47. The molecule has 1 aliphatic rings. The van der Waals surface area contributed by atoms with Crippen LogP contribution in [0.15, 0.2) is 0 Å². The number of hydrogen-bond donors (Lipinski definition) is 0. The van der Waals surface area contributed by atoms with Crippen molar-refractivity contribution in [1.29, 1.82) is 0 Å². The second-order valence-corrected chi connectivity index (χ2v) is 8.41. The smallest absolute Gasteiger partial charge is 0.158 e. The van der Waals surface area contributed by atoms with Crippen molar-refractivity contribution in [2.45, 2.75) is 12.8 Å². The van der Waals surface area contributed by atoms with Gasteiger partial charge >= 0.3 is 0 Å². The van der Waals surface area contributed by atoms with Crippen molar-refractivity contribution in [3.05, 3.63) is 0 Å². The first-order valence-corrected chi connectivity index (χ1v) is 8.49. The predicted octanol–water partition coefficient (Wildman–Crippen LogP) is -0.575. The van der Waals surface area contributed by atoms with E-state index in [1.54, 1.807) is 0 Å². The maximum atomic E-state index is 11.3. The Morgan fingerprint density at radius 1 is 1.13 bits per heavy atom. The molecule has 1 fully saturated rings. The summed E-state index contributed by atoms with van der Waals surface area (Å²) >= 11 is 0. The normalized spacial score (nSPS) is 17.7. The second-order valence-electron chi connectivity index (χ2n) is 3.96. The summed E-state index contributed by atoms with van der Waals surface area (Å²) in [5.74, 6) is -1.74. The van der Waals surface area contributed by atoms with E-state index < -0.39 is 36.9 Å². The van der Waals surface area contributed by atoms with E-state index in [9.17, 15) is 21.6 Å². The van der Waals surface area contributed by atoms with Crippen molar-refractivity contribution in [3.8, 4) is 0 Å². The van der Waals surface area contributed by atoms with Gasteiger partial charge in [0.2, 0.25) is 0 Å². The largest absolute Gasteiger partial charge is 0.298 e. The average molecular weight is 254 g/mol. The van der Waals surface area contributed by atoms with Crippen molar-refractivity contribution >= 4 is 25.5 Å². The number of ketones is 1. The summed E-state index contributed by atoms with van der Waals surface area (Å²) in [5, 5.41) is 0. The maximum Gasteiger partial charge on any atom is 0.158 e. The number of Topliss-reactive ketones (excluding diaryl/α,β-unsaturated/α-hetero) is 1. The quantitative estimate of drug-likeness (QED) is 0.633. The Hall–Kier alpha value is -0.430. The number of carbonyl (C=O) groups is 1. The molecule has 0 aromatic rings. The molecule has 5 nitrogen and oxygen atoms in total. The van der Waals surface area contributed by atoms with E-state index in [0.717, 1.165) is 19.1 Å². The van der Waals surface area contributed by atoms with Gasteiger partial charge in [-0.15, -0.1) is 0 Å². The van der Waals surface area contributed by atoms with Crippen LogP contribution >= 0.6 is 0 Å². The fourth-order valence-electron chi connectivity index (χ4n) is 1.09. The van der Waals surface area contributed by atoms with Crippen LogP contribution in [0.5, 0.6) is 0 Å². The first kappa shape index (κ1) is 12.6. The molecule has 0 atom stereocenters. The van der Waals surface area contributed by atoms with E-state index in [1.165, 1.54) is 0 Å². The third-order valence-corrected chi connectivity index (χ3v) is 4.91. The lowest BCUT2D eigenvalue weighted by molar-refractivity contribution is -0.117. The Balaban J connectivity index is 2.48. The minimum Gasteiger partial charge on any atom is -0.298 e. The molecule has 0 aromatic heterocycles. The van der Waals surface area contributed by atoms with Gasteiger partial charge in [0.15, 0.2) is 15.6 Å². The van der Waals surface area contributed by atoms with Crippen LogP contribution in [0.3, 0.4) is 0 Å². The highest BCUT2D eigenvalue weighted by atomic mass is 32.2. The molecule has 0 heterocycles. The molecular formula is C8H14O5S2. The van der Waals surface area contributed by atoms with Crippen LogP contribution in [-0.4, -0.2) is 46.1 Å².